The van der Waals surface area contributed by atoms with E-state index in [1.165, 1.54) is 12.3 Å². The number of aromatic nitrogens is 2. The predicted molar refractivity (Wildman–Crippen MR) is 41.7 cm³/mol. The molecule has 0 amide bonds. The van der Waals surface area contributed by atoms with Crippen molar-refractivity contribution in [3.8, 4) is 0 Å². The van der Waals surface area contributed by atoms with Crippen molar-refractivity contribution in [2.24, 2.45) is 0 Å². The number of nitro benzene ring substituents is 1. The Morgan fingerprint density at radius 3 is 2.92 bits per heavy atom. The molecular formula is C7H4N3NaO2. The summed E-state index contributed by atoms with van der Waals surface area (Å²) in [5.74, 6) is 0. The van der Waals surface area contributed by atoms with E-state index in [4.69, 9.17) is 0 Å². The summed E-state index contributed by atoms with van der Waals surface area (Å²) in [4.78, 5) is 9.99. The molecule has 5 nitrogen and oxygen atoms in total. The van der Waals surface area contributed by atoms with Gasteiger partial charge in [-0.25, -0.2) is 0 Å². The molecule has 1 heterocycles. The summed E-state index contributed by atoms with van der Waals surface area (Å²) in [5, 5.41) is 18.4. The summed E-state index contributed by atoms with van der Waals surface area (Å²) in [5.41, 5.74) is 0.354. The Labute approximate surface area is 95.6 Å². The topological polar surface area (TPSA) is 70.1 Å². The molecule has 0 aliphatic heterocycles. The number of hydrogen-bond acceptors (Lipinski definition) is 3. The first-order chi connectivity index (χ1) is 5.79. The van der Waals surface area contributed by atoms with Gasteiger partial charge in [0.25, 0.3) is 5.69 Å². The standard InChI is InChI=1S/C7H4N3O2.Na/c11-10(12)6-3-1-2-5-4-8-9-7(5)6;/h1-4H;/q-1;+1. The molecule has 0 atom stereocenters. The van der Waals surface area contributed by atoms with Gasteiger partial charge in [-0.3, -0.25) is 10.1 Å². The van der Waals surface area contributed by atoms with Crippen LogP contribution >= 0.6 is 0 Å². The van der Waals surface area contributed by atoms with E-state index in [0.717, 1.165) is 0 Å². The third-order valence-electron chi connectivity index (χ3n) is 1.60. The van der Waals surface area contributed by atoms with E-state index in [9.17, 15) is 10.1 Å². The number of nitrogens with zero attached hydrogens (tertiary/aromatic N) is 3. The first-order valence-electron chi connectivity index (χ1n) is 3.30. The largest absolute Gasteiger partial charge is 1.00 e. The van der Waals surface area contributed by atoms with Crippen molar-refractivity contribution in [2.45, 2.75) is 0 Å². The van der Waals surface area contributed by atoms with Crippen molar-refractivity contribution in [1.29, 1.82) is 0 Å². The molecule has 0 aliphatic rings. The van der Waals surface area contributed by atoms with Crippen molar-refractivity contribution in [1.82, 2.24) is 10.2 Å². The molecule has 0 radical (unpaired) electrons. The van der Waals surface area contributed by atoms with E-state index in [1.807, 2.05) is 0 Å². The van der Waals surface area contributed by atoms with Crippen LogP contribution in [-0.4, -0.2) is 10.0 Å². The molecule has 0 bridgehead atoms. The van der Waals surface area contributed by atoms with Crippen molar-refractivity contribution in [3.05, 3.63) is 34.5 Å². The first-order valence-corrected chi connectivity index (χ1v) is 3.30. The van der Waals surface area contributed by atoms with Crippen LogP contribution in [0.15, 0.2) is 24.4 Å². The quantitative estimate of drug-likeness (QED) is 0.296. The minimum Gasteiger partial charge on any atom is -0.581 e. The Kier molecular flexibility index (Phi) is 3.02. The predicted octanol–water partition coefficient (Wildman–Crippen LogP) is -1.90. The van der Waals surface area contributed by atoms with E-state index in [-0.39, 0.29) is 35.2 Å². The van der Waals surface area contributed by atoms with Gasteiger partial charge in [-0.05, 0) is 5.39 Å². The maximum Gasteiger partial charge on any atom is 1.00 e. The molecule has 0 N–H and O–H groups in total. The number of nitro groups is 1. The van der Waals surface area contributed by atoms with Gasteiger partial charge >= 0.3 is 29.6 Å². The average molecular weight is 185 g/mol. The van der Waals surface area contributed by atoms with Crippen LogP contribution in [0.2, 0.25) is 0 Å². The Morgan fingerprint density at radius 2 is 2.23 bits per heavy atom. The van der Waals surface area contributed by atoms with Gasteiger partial charge < -0.3 is 10.2 Å². The smallest absolute Gasteiger partial charge is 0.581 e. The van der Waals surface area contributed by atoms with Crippen LogP contribution in [0, 0.1) is 10.1 Å². The van der Waals surface area contributed by atoms with Crippen LogP contribution in [0.3, 0.4) is 0 Å². The van der Waals surface area contributed by atoms with E-state index in [0.29, 0.717) is 10.9 Å². The zero-order chi connectivity index (χ0) is 8.55. The Hall–Kier alpha value is -0.910. The van der Waals surface area contributed by atoms with E-state index in [1.54, 1.807) is 12.1 Å². The number of rotatable bonds is 1. The maximum atomic E-state index is 10.5. The fourth-order valence-electron chi connectivity index (χ4n) is 1.06. The second kappa shape index (κ2) is 3.87. The molecule has 0 fully saturated rings. The van der Waals surface area contributed by atoms with Crippen molar-refractivity contribution >= 4 is 16.6 Å². The molecule has 0 unspecified atom stereocenters. The van der Waals surface area contributed by atoms with E-state index >= 15 is 0 Å². The van der Waals surface area contributed by atoms with Gasteiger partial charge in [-0.2, -0.15) is 6.20 Å². The van der Waals surface area contributed by atoms with Gasteiger partial charge in [0, 0.05) is 6.07 Å². The number of non-ortho nitro benzene ring substituents is 1. The van der Waals surface area contributed by atoms with Crippen molar-refractivity contribution < 1.29 is 34.5 Å². The van der Waals surface area contributed by atoms with Gasteiger partial charge in [-0.1, -0.05) is 12.1 Å². The summed E-state index contributed by atoms with van der Waals surface area (Å²) in [7, 11) is 0. The van der Waals surface area contributed by atoms with Crippen LogP contribution in [-0.2, 0) is 0 Å². The second-order valence-electron chi connectivity index (χ2n) is 2.32. The van der Waals surface area contributed by atoms with Gasteiger partial charge in [0.1, 0.15) is 5.52 Å². The molecule has 0 aliphatic carbocycles. The summed E-state index contributed by atoms with van der Waals surface area (Å²) in [6.45, 7) is 0. The normalized spacial score (nSPS) is 9.54. The molecule has 0 saturated heterocycles. The Bertz CT molecular complexity index is 440. The SMILES string of the molecule is O=[N+]([O-])c1cccc2c[n-]nc12.[Na+]. The number of hydrogen-bond donors (Lipinski definition) is 0. The zero-order valence-corrected chi connectivity index (χ0v) is 8.97. The van der Waals surface area contributed by atoms with Crippen LogP contribution in [0.4, 0.5) is 5.69 Å². The maximum absolute atomic E-state index is 10.5. The fraction of sp³-hybridized carbons (Fsp3) is 0. The Morgan fingerprint density at radius 1 is 1.46 bits per heavy atom. The molecule has 1 aromatic heterocycles. The monoisotopic (exact) mass is 185 g/mol. The first kappa shape index (κ1) is 10.2. The van der Waals surface area contributed by atoms with Crippen LogP contribution in [0.1, 0.15) is 0 Å². The molecule has 0 saturated carbocycles. The average Bonchev–Trinajstić information content (AvgIpc) is 2.49. The third kappa shape index (κ3) is 1.72. The third-order valence-corrected chi connectivity index (χ3v) is 1.60. The molecule has 60 valence electrons. The van der Waals surface area contributed by atoms with E-state index in [2.05, 4.69) is 10.2 Å². The minimum atomic E-state index is -0.461. The van der Waals surface area contributed by atoms with Crippen LogP contribution in [0.25, 0.3) is 10.9 Å². The number of benzene rings is 1. The molecule has 1 aromatic carbocycles. The molecule has 2 rings (SSSR count). The minimum absolute atomic E-state index is 0. The van der Waals surface area contributed by atoms with Gasteiger partial charge in [0.2, 0.25) is 0 Å². The zero-order valence-electron chi connectivity index (χ0n) is 6.97. The summed E-state index contributed by atoms with van der Waals surface area (Å²) in [6, 6.07) is 4.77. The van der Waals surface area contributed by atoms with Gasteiger partial charge in [-0.15, -0.1) is 0 Å². The summed E-state index contributed by atoms with van der Waals surface area (Å²) < 4.78 is 0. The molecule has 13 heavy (non-hydrogen) atoms. The molecule has 6 heteroatoms. The van der Waals surface area contributed by atoms with Crippen LogP contribution < -0.4 is 34.7 Å². The summed E-state index contributed by atoms with van der Waals surface area (Å²) in [6.07, 6.45) is 1.50. The van der Waals surface area contributed by atoms with Crippen LogP contribution in [0.5, 0.6) is 0 Å². The van der Waals surface area contributed by atoms with Gasteiger partial charge in [0.05, 0.1) is 4.92 Å². The molecule has 0 spiro atoms. The fourth-order valence-corrected chi connectivity index (χ4v) is 1.06. The number of fused-ring (bicyclic) bond motifs is 1. The van der Waals surface area contributed by atoms with Gasteiger partial charge in [0.15, 0.2) is 0 Å². The summed E-state index contributed by atoms with van der Waals surface area (Å²) >= 11 is 0. The van der Waals surface area contributed by atoms with Crippen molar-refractivity contribution in [3.63, 3.8) is 0 Å². The van der Waals surface area contributed by atoms with E-state index < -0.39 is 4.92 Å². The molecule has 2 aromatic rings. The second-order valence-corrected chi connectivity index (χ2v) is 2.32. The molecular weight excluding hydrogens is 181 g/mol. The van der Waals surface area contributed by atoms with Crippen molar-refractivity contribution in [2.75, 3.05) is 0 Å². The Balaban J connectivity index is 0.000000845.